The van der Waals surface area contributed by atoms with E-state index in [0.29, 0.717) is 11.4 Å². The first-order chi connectivity index (χ1) is 13.6. The van der Waals surface area contributed by atoms with Crippen LogP contribution in [-0.4, -0.2) is 46.1 Å². The van der Waals surface area contributed by atoms with Gasteiger partial charge in [0.25, 0.3) is 0 Å². The van der Waals surface area contributed by atoms with Gasteiger partial charge < -0.3 is 20.1 Å². The zero-order chi connectivity index (χ0) is 19.5. The van der Waals surface area contributed by atoms with E-state index in [9.17, 15) is 9.59 Å². The molecule has 0 bridgehead atoms. The van der Waals surface area contributed by atoms with E-state index in [-0.39, 0.29) is 11.9 Å². The van der Waals surface area contributed by atoms with Crippen molar-refractivity contribution in [1.29, 1.82) is 0 Å². The zero-order valence-corrected chi connectivity index (χ0v) is 15.7. The van der Waals surface area contributed by atoms with Crippen molar-refractivity contribution in [2.45, 2.75) is 18.9 Å². The van der Waals surface area contributed by atoms with Gasteiger partial charge in [0, 0.05) is 18.3 Å². The molecule has 0 radical (unpaired) electrons. The van der Waals surface area contributed by atoms with E-state index in [1.807, 2.05) is 16.3 Å². The maximum atomic E-state index is 12.9. The van der Waals surface area contributed by atoms with Crippen molar-refractivity contribution in [2.24, 2.45) is 0 Å². The van der Waals surface area contributed by atoms with E-state index in [0.717, 1.165) is 35.4 Å². The minimum atomic E-state index is -1.05. The van der Waals surface area contributed by atoms with E-state index < -0.39 is 12.6 Å². The predicted octanol–water partition coefficient (Wildman–Crippen LogP) is 2.76. The number of aliphatic carboxylic acids is 1. The van der Waals surface area contributed by atoms with Crippen LogP contribution < -0.4 is 15.0 Å². The van der Waals surface area contributed by atoms with Crippen molar-refractivity contribution in [1.82, 2.24) is 9.97 Å². The molecule has 1 aliphatic heterocycles. The lowest BCUT2D eigenvalue weighted by Crippen LogP contribution is -2.40. The summed E-state index contributed by atoms with van der Waals surface area (Å²) >= 11 is 1.55. The van der Waals surface area contributed by atoms with Gasteiger partial charge in [-0.2, -0.15) is 0 Å². The number of fused-ring (bicyclic) bond motifs is 1. The fraction of sp³-hybridized carbons (Fsp3) is 0.263. The minimum absolute atomic E-state index is 0.130. The molecule has 1 amide bonds. The number of amides is 1. The fourth-order valence-corrected chi connectivity index (χ4v) is 4.06. The average Bonchev–Trinajstić information content (AvgIpc) is 3.35. The average molecular weight is 398 g/mol. The molecule has 144 valence electrons. The number of carbonyl (C=O) groups excluding carboxylic acids is 1. The van der Waals surface area contributed by atoms with E-state index in [1.165, 1.54) is 6.33 Å². The number of carboxylic acid groups (broad SMARTS) is 1. The quantitative estimate of drug-likeness (QED) is 0.658. The second kappa shape index (κ2) is 7.81. The smallest absolute Gasteiger partial charge is 0.341 e. The molecule has 3 heterocycles. The lowest BCUT2D eigenvalue weighted by atomic mass is 10.2. The Balaban J connectivity index is 1.51. The largest absolute Gasteiger partial charge is 0.482 e. The first-order valence-corrected chi connectivity index (χ1v) is 9.70. The van der Waals surface area contributed by atoms with Gasteiger partial charge in [0.15, 0.2) is 6.61 Å². The molecule has 1 unspecified atom stereocenters. The minimum Gasteiger partial charge on any atom is -0.482 e. The Morgan fingerprint density at radius 3 is 3.07 bits per heavy atom. The number of ether oxygens (including phenoxy) is 1. The highest BCUT2D eigenvalue weighted by Crippen LogP contribution is 2.32. The molecule has 9 heteroatoms. The van der Waals surface area contributed by atoms with Gasteiger partial charge >= 0.3 is 5.97 Å². The molecule has 2 aromatic heterocycles. The van der Waals surface area contributed by atoms with Crippen molar-refractivity contribution in [3.63, 3.8) is 0 Å². The predicted molar refractivity (Wildman–Crippen MR) is 106 cm³/mol. The van der Waals surface area contributed by atoms with Gasteiger partial charge in [0.05, 0.1) is 5.39 Å². The lowest BCUT2D eigenvalue weighted by Gasteiger charge is -2.25. The van der Waals surface area contributed by atoms with Gasteiger partial charge in [-0.1, -0.05) is 6.07 Å². The number of benzene rings is 1. The zero-order valence-electron chi connectivity index (χ0n) is 14.9. The monoisotopic (exact) mass is 398 g/mol. The highest BCUT2D eigenvalue weighted by atomic mass is 32.1. The Morgan fingerprint density at radius 2 is 2.21 bits per heavy atom. The van der Waals surface area contributed by atoms with Gasteiger partial charge in [-0.3, -0.25) is 4.79 Å². The third kappa shape index (κ3) is 3.74. The SMILES string of the molecule is O=C(O)COc1cccc(NC(=O)C2CCCN2c2ncnc3sccc23)c1. The summed E-state index contributed by atoms with van der Waals surface area (Å²) in [5.41, 5.74) is 0.558. The molecular weight excluding hydrogens is 380 g/mol. The molecule has 1 aromatic carbocycles. The maximum Gasteiger partial charge on any atom is 0.341 e. The van der Waals surface area contributed by atoms with Crippen LogP contribution >= 0.6 is 11.3 Å². The molecule has 1 aliphatic rings. The molecule has 1 saturated heterocycles. The van der Waals surface area contributed by atoms with Crippen LogP contribution in [0.25, 0.3) is 10.2 Å². The van der Waals surface area contributed by atoms with Crippen molar-refractivity contribution >= 4 is 44.9 Å². The summed E-state index contributed by atoms with van der Waals surface area (Å²) < 4.78 is 5.17. The van der Waals surface area contributed by atoms with Gasteiger partial charge in [-0.25, -0.2) is 14.8 Å². The van der Waals surface area contributed by atoms with Crippen LogP contribution in [0.4, 0.5) is 11.5 Å². The van der Waals surface area contributed by atoms with Gasteiger partial charge in [-0.05, 0) is 36.4 Å². The third-order valence-corrected chi connectivity index (χ3v) is 5.35. The second-order valence-corrected chi connectivity index (χ2v) is 7.28. The maximum absolute atomic E-state index is 12.9. The number of aromatic nitrogens is 2. The van der Waals surface area contributed by atoms with E-state index >= 15 is 0 Å². The number of nitrogens with zero attached hydrogens (tertiary/aromatic N) is 3. The van der Waals surface area contributed by atoms with Crippen molar-refractivity contribution in [3.05, 3.63) is 42.0 Å². The number of nitrogens with one attached hydrogen (secondary N) is 1. The van der Waals surface area contributed by atoms with Gasteiger partial charge in [0.2, 0.25) is 5.91 Å². The Hall–Kier alpha value is -3.20. The summed E-state index contributed by atoms with van der Waals surface area (Å²) in [6.45, 7) is 0.319. The molecule has 8 nitrogen and oxygen atoms in total. The lowest BCUT2D eigenvalue weighted by molar-refractivity contribution is -0.139. The summed E-state index contributed by atoms with van der Waals surface area (Å²) in [7, 11) is 0. The van der Waals surface area contributed by atoms with Crippen LogP contribution in [0.1, 0.15) is 12.8 Å². The summed E-state index contributed by atoms with van der Waals surface area (Å²) in [5.74, 6) is -0.0165. The highest BCUT2D eigenvalue weighted by Gasteiger charge is 2.32. The van der Waals surface area contributed by atoms with Gasteiger partial charge in [0.1, 0.15) is 28.8 Å². The van der Waals surface area contributed by atoms with Crippen LogP contribution in [0.5, 0.6) is 5.75 Å². The molecular formula is C19H18N4O4S. The normalized spacial score (nSPS) is 16.3. The van der Waals surface area contributed by atoms with E-state index in [1.54, 1.807) is 35.6 Å². The number of anilines is 2. The summed E-state index contributed by atoms with van der Waals surface area (Å²) in [4.78, 5) is 35.2. The van der Waals surface area contributed by atoms with Crippen molar-refractivity contribution in [2.75, 3.05) is 23.4 Å². The molecule has 28 heavy (non-hydrogen) atoms. The summed E-state index contributed by atoms with van der Waals surface area (Å²) in [6.07, 6.45) is 3.16. The fourth-order valence-electron chi connectivity index (χ4n) is 3.33. The standard InChI is InChI=1S/C19H18N4O4S/c24-16(25)10-27-13-4-1-3-12(9-13)22-18(26)15-5-2-7-23(15)17-14-6-8-28-19(14)21-11-20-17/h1,3-4,6,8-9,11,15H,2,5,7,10H2,(H,22,26)(H,24,25). The molecule has 1 fully saturated rings. The van der Waals surface area contributed by atoms with Crippen molar-refractivity contribution < 1.29 is 19.4 Å². The number of thiophene rings is 1. The van der Waals surface area contributed by atoms with Crippen LogP contribution in [0.15, 0.2) is 42.0 Å². The Kier molecular flexibility index (Phi) is 5.07. The van der Waals surface area contributed by atoms with Crippen LogP contribution in [0.3, 0.4) is 0 Å². The molecule has 1 atom stereocenters. The van der Waals surface area contributed by atoms with E-state index in [4.69, 9.17) is 9.84 Å². The molecule has 4 rings (SSSR count). The summed E-state index contributed by atoms with van der Waals surface area (Å²) in [6, 6.07) is 8.36. The highest BCUT2D eigenvalue weighted by molar-refractivity contribution is 7.16. The Morgan fingerprint density at radius 1 is 1.32 bits per heavy atom. The number of carbonyl (C=O) groups is 2. The van der Waals surface area contributed by atoms with Crippen LogP contribution in [0.2, 0.25) is 0 Å². The Bertz CT molecular complexity index is 1020. The van der Waals surface area contributed by atoms with E-state index in [2.05, 4.69) is 15.3 Å². The molecule has 3 aromatic rings. The molecule has 2 N–H and O–H groups in total. The third-order valence-electron chi connectivity index (χ3n) is 4.53. The van der Waals surface area contributed by atoms with Crippen LogP contribution in [-0.2, 0) is 9.59 Å². The van der Waals surface area contributed by atoms with Gasteiger partial charge in [-0.15, -0.1) is 11.3 Å². The number of hydrogen-bond acceptors (Lipinski definition) is 7. The molecule has 0 spiro atoms. The number of rotatable bonds is 6. The number of carboxylic acids is 1. The molecule has 0 saturated carbocycles. The number of hydrogen-bond donors (Lipinski definition) is 2. The second-order valence-electron chi connectivity index (χ2n) is 6.39. The first kappa shape index (κ1) is 18.2. The topological polar surface area (TPSA) is 105 Å². The Labute approximate surface area is 164 Å². The first-order valence-electron chi connectivity index (χ1n) is 8.82. The molecule has 0 aliphatic carbocycles. The van der Waals surface area contributed by atoms with Crippen molar-refractivity contribution in [3.8, 4) is 5.75 Å². The van der Waals surface area contributed by atoms with Crippen LogP contribution in [0, 0.1) is 0 Å². The summed E-state index contributed by atoms with van der Waals surface area (Å²) in [5, 5.41) is 14.5.